The number of aromatic nitrogens is 4. The van der Waals surface area contributed by atoms with Gasteiger partial charge in [0.1, 0.15) is 17.6 Å². The Morgan fingerprint density at radius 2 is 1.77 bits per heavy atom. The second-order valence-electron chi connectivity index (χ2n) is 9.31. The molecule has 0 aliphatic rings. The number of aromatic hydroxyl groups is 1. The summed E-state index contributed by atoms with van der Waals surface area (Å²) in [5.41, 5.74) is 1.58. The summed E-state index contributed by atoms with van der Waals surface area (Å²) in [6, 6.07) is 12.7. The third-order valence-corrected chi connectivity index (χ3v) is 8.41. The molecule has 0 spiro atoms. The molecule has 0 fully saturated rings. The second-order valence-corrected chi connectivity index (χ2v) is 11.2. The molecule has 11 heteroatoms. The summed E-state index contributed by atoms with van der Waals surface area (Å²) >= 11 is 0. The number of hydrogen-bond donors (Lipinski definition) is 1. The highest BCUT2D eigenvalue weighted by Crippen LogP contribution is 2.30. The van der Waals surface area contributed by atoms with Gasteiger partial charge in [-0.2, -0.15) is 14.6 Å². The van der Waals surface area contributed by atoms with Gasteiger partial charge in [0.25, 0.3) is 5.56 Å². The van der Waals surface area contributed by atoms with Gasteiger partial charge in [-0.1, -0.05) is 25.5 Å². The van der Waals surface area contributed by atoms with Gasteiger partial charge in [0, 0.05) is 30.9 Å². The lowest BCUT2D eigenvalue weighted by atomic mass is 10.0. The fraction of sp³-hybridized carbons (Fsp3) is 0.276. The minimum absolute atomic E-state index is 0.202. The van der Waals surface area contributed by atoms with E-state index in [1.165, 1.54) is 35.0 Å². The van der Waals surface area contributed by atoms with E-state index in [0.29, 0.717) is 48.2 Å². The summed E-state index contributed by atoms with van der Waals surface area (Å²) in [5.74, 6) is -0.973. The molecule has 0 amide bonds. The number of sulfone groups is 1. The predicted octanol–water partition coefficient (Wildman–Crippen LogP) is 4.53. The molecule has 0 saturated carbocycles. The lowest BCUT2D eigenvalue weighted by Gasteiger charge is -2.17. The van der Waals surface area contributed by atoms with Gasteiger partial charge in [0.2, 0.25) is 21.7 Å². The highest BCUT2D eigenvalue weighted by Gasteiger charge is 2.29. The molecule has 4 rings (SSSR count). The molecule has 1 aromatic carbocycles. The molecule has 0 aliphatic heterocycles. The van der Waals surface area contributed by atoms with Crippen LogP contribution in [0.5, 0.6) is 5.88 Å². The highest BCUT2D eigenvalue weighted by molar-refractivity contribution is 7.91. The highest BCUT2D eigenvalue weighted by atomic mass is 32.2. The fourth-order valence-electron chi connectivity index (χ4n) is 4.45. The molecule has 3 heterocycles. The van der Waals surface area contributed by atoms with E-state index >= 15 is 0 Å². The Morgan fingerprint density at radius 1 is 1.05 bits per heavy atom. The first-order chi connectivity index (χ1) is 19.2. The smallest absolute Gasteiger partial charge is 0.296 e. The molecule has 0 aliphatic carbocycles. The molecule has 3 aromatic heterocycles. The van der Waals surface area contributed by atoms with Crippen LogP contribution in [0.1, 0.15) is 48.8 Å². The number of rotatable bonds is 10. The van der Waals surface area contributed by atoms with Gasteiger partial charge < -0.3 is 5.11 Å². The second kappa shape index (κ2) is 12.2. The Labute approximate surface area is 231 Å². The van der Waals surface area contributed by atoms with Crippen LogP contribution < -0.4 is 5.56 Å². The van der Waals surface area contributed by atoms with Crippen molar-refractivity contribution in [2.45, 2.75) is 62.3 Å². The third kappa shape index (κ3) is 5.92. The Bertz CT molecular complexity index is 1750. The van der Waals surface area contributed by atoms with E-state index in [1.807, 2.05) is 13.0 Å². The Balaban J connectivity index is 1.69. The quantitative estimate of drug-likeness (QED) is 0.279. The molecule has 40 heavy (non-hydrogen) atoms. The summed E-state index contributed by atoms with van der Waals surface area (Å²) in [6.45, 7) is 3.76. The van der Waals surface area contributed by atoms with Gasteiger partial charge >= 0.3 is 0 Å². The summed E-state index contributed by atoms with van der Waals surface area (Å²) in [5, 5.41) is 20.2. The first-order valence-electron chi connectivity index (χ1n) is 12.8. The van der Waals surface area contributed by atoms with E-state index in [4.69, 9.17) is 5.26 Å². The van der Waals surface area contributed by atoms with Crippen LogP contribution in [0.15, 0.2) is 69.4 Å². The maximum absolute atomic E-state index is 13.9. The average molecular weight is 562 g/mol. The van der Waals surface area contributed by atoms with Crippen LogP contribution in [0.4, 0.5) is 4.39 Å². The zero-order chi connectivity index (χ0) is 28.9. The van der Waals surface area contributed by atoms with Crippen molar-refractivity contribution >= 4 is 9.84 Å². The molecule has 0 radical (unpaired) electrons. The van der Waals surface area contributed by atoms with Gasteiger partial charge in [-0.05, 0) is 73.2 Å². The number of halogens is 1. The van der Waals surface area contributed by atoms with Crippen molar-refractivity contribution in [1.82, 2.24) is 19.5 Å². The van der Waals surface area contributed by atoms with Crippen molar-refractivity contribution in [3.05, 3.63) is 93.8 Å². The van der Waals surface area contributed by atoms with E-state index in [9.17, 15) is 22.7 Å². The summed E-state index contributed by atoms with van der Waals surface area (Å²) in [4.78, 5) is 23.6. The van der Waals surface area contributed by atoms with Crippen LogP contribution in [-0.2, 0) is 29.2 Å². The average Bonchev–Trinajstić information content (AvgIpc) is 2.94. The van der Waals surface area contributed by atoms with Gasteiger partial charge in [-0.3, -0.25) is 9.36 Å². The molecule has 0 bridgehead atoms. The molecule has 4 aromatic rings. The zero-order valence-corrected chi connectivity index (χ0v) is 22.9. The number of nitriles is 1. The lowest BCUT2D eigenvalue weighted by Crippen LogP contribution is -2.25. The zero-order valence-electron chi connectivity index (χ0n) is 22.1. The maximum Gasteiger partial charge on any atom is 0.296 e. The Hall–Kier alpha value is -4.43. The first-order valence-corrected chi connectivity index (χ1v) is 14.3. The number of unbranched alkanes of at least 4 members (excludes halogenated alkanes) is 1. The van der Waals surface area contributed by atoms with Crippen LogP contribution in [0, 0.1) is 24.2 Å². The third-order valence-electron chi connectivity index (χ3n) is 6.62. The van der Waals surface area contributed by atoms with E-state index in [-0.39, 0.29) is 17.1 Å². The number of benzene rings is 1. The summed E-state index contributed by atoms with van der Waals surface area (Å²) in [7, 11) is -4.44. The molecule has 206 valence electrons. The van der Waals surface area contributed by atoms with Crippen molar-refractivity contribution < 1.29 is 17.9 Å². The molecule has 0 atom stereocenters. The number of aryl methyl sites for hydroxylation is 2. The van der Waals surface area contributed by atoms with Crippen LogP contribution in [0.2, 0.25) is 0 Å². The Kier molecular flexibility index (Phi) is 8.70. The minimum Gasteiger partial charge on any atom is -0.493 e. The normalized spacial score (nSPS) is 11.3. The Morgan fingerprint density at radius 3 is 2.48 bits per heavy atom. The van der Waals surface area contributed by atoms with E-state index in [0.717, 1.165) is 12.0 Å². The minimum atomic E-state index is -4.44. The molecular weight excluding hydrogens is 533 g/mol. The molecule has 1 N–H and O–H groups in total. The summed E-state index contributed by atoms with van der Waals surface area (Å²) < 4.78 is 42.4. The molecule has 9 nitrogen and oxygen atoms in total. The van der Waals surface area contributed by atoms with Crippen LogP contribution in [-0.4, -0.2) is 33.0 Å². The van der Waals surface area contributed by atoms with E-state index < -0.39 is 32.1 Å². The van der Waals surface area contributed by atoms with E-state index in [2.05, 4.69) is 15.0 Å². The predicted molar refractivity (Wildman–Crippen MR) is 146 cm³/mol. The maximum atomic E-state index is 13.9. The van der Waals surface area contributed by atoms with Crippen molar-refractivity contribution in [3.63, 3.8) is 0 Å². The lowest BCUT2D eigenvalue weighted by molar-refractivity contribution is 0.376. The molecule has 0 saturated heterocycles. The number of nitrogens with zero attached hydrogens (tertiary/aromatic N) is 5. The molecular formula is C29H28FN5O4S. The van der Waals surface area contributed by atoms with Gasteiger partial charge in [0.05, 0.1) is 4.90 Å². The largest absolute Gasteiger partial charge is 0.493 e. The van der Waals surface area contributed by atoms with Gasteiger partial charge in [-0.15, -0.1) is 0 Å². The van der Waals surface area contributed by atoms with Crippen LogP contribution in [0.25, 0.3) is 11.1 Å². The standard InChI is InChI=1S/C29H28FN5O4S/c1-3-4-7-25-34-28(36)26(29(37)35(25)16-5-6-20-12-14-32-22(17-20)18-31)40(38,39)23-10-8-21(9-11-23)24-13-15-33-27(30)19(24)2/h8-15,17,37H,3-7,16H2,1-2H3. The molecule has 0 unspecified atom stereocenters. The number of hydrogen-bond acceptors (Lipinski definition) is 8. The van der Waals surface area contributed by atoms with Crippen molar-refractivity contribution in [2.75, 3.05) is 0 Å². The van der Waals surface area contributed by atoms with Crippen molar-refractivity contribution in [2.24, 2.45) is 0 Å². The first kappa shape index (κ1) is 28.6. The fourth-order valence-corrected chi connectivity index (χ4v) is 5.81. The number of pyridine rings is 2. The van der Waals surface area contributed by atoms with Gasteiger partial charge in [0.15, 0.2) is 4.90 Å². The van der Waals surface area contributed by atoms with Crippen molar-refractivity contribution in [1.29, 1.82) is 5.26 Å². The topological polar surface area (TPSA) is 139 Å². The SMILES string of the molecule is CCCCc1nc(=O)c(S(=O)(=O)c2ccc(-c3ccnc(F)c3C)cc2)c(O)n1CCCc1ccnc(C#N)c1. The van der Waals surface area contributed by atoms with E-state index in [1.54, 1.807) is 31.3 Å². The van der Waals surface area contributed by atoms with Gasteiger partial charge in [-0.25, -0.2) is 18.4 Å². The van der Waals surface area contributed by atoms with Crippen LogP contribution >= 0.6 is 0 Å². The van der Waals surface area contributed by atoms with Crippen LogP contribution in [0.3, 0.4) is 0 Å². The monoisotopic (exact) mass is 561 g/mol. The summed E-state index contributed by atoms with van der Waals surface area (Å²) in [6.07, 6.45) is 5.80. The van der Waals surface area contributed by atoms with Crippen molar-refractivity contribution in [3.8, 4) is 23.1 Å².